The standard InChI is InChI=1S/C31H30F3NO5/c32-31(33,34)22-8-5-18(6-9-22)16-40-25-23-4-2-1-3-21(23)7-10-24(25)27(36)35-26(28(37)38)29-12-19-11-20(13-29)15-30(39,14-19)17-29/h1-10,19-20,26,39H,11-17H2,(H,35,36)(H,37,38)/t19-,20+,26-,29?,30?/m1/s1. The molecule has 4 aliphatic rings. The normalized spacial score (nSPS) is 27.9. The van der Waals surface area contributed by atoms with Crippen molar-refractivity contribution in [3.8, 4) is 5.75 Å². The Hall–Kier alpha value is -3.59. The van der Waals surface area contributed by atoms with Crippen LogP contribution in [0.4, 0.5) is 13.2 Å². The van der Waals surface area contributed by atoms with Crippen molar-refractivity contribution < 1.29 is 37.7 Å². The number of fused-ring (bicyclic) bond motifs is 1. The Morgan fingerprint density at radius 2 is 1.65 bits per heavy atom. The summed E-state index contributed by atoms with van der Waals surface area (Å²) in [5, 5.41) is 25.6. The zero-order chi connectivity index (χ0) is 28.3. The molecule has 0 aliphatic heterocycles. The quantitative estimate of drug-likeness (QED) is 0.336. The van der Waals surface area contributed by atoms with Gasteiger partial charge in [-0.25, -0.2) is 4.79 Å². The first-order valence-corrected chi connectivity index (χ1v) is 13.5. The Morgan fingerprint density at radius 1 is 0.975 bits per heavy atom. The molecule has 0 heterocycles. The minimum absolute atomic E-state index is 0.0882. The van der Waals surface area contributed by atoms with Gasteiger partial charge in [-0.05, 0) is 79.5 Å². The number of aliphatic carboxylic acids is 1. The number of aliphatic hydroxyl groups is 1. The zero-order valence-electron chi connectivity index (χ0n) is 21.7. The number of benzene rings is 3. The molecule has 3 aromatic rings. The molecule has 4 aliphatic carbocycles. The van der Waals surface area contributed by atoms with Gasteiger partial charge in [0, 0.05) is 10.8 Å². The molecule has 2 unspecified atom stereocenters. The Morgan fingerprint density at radius 3 is 2.27 bits per heavy atom. The van der Waals surface area contributed by atoms with E-state index in [2.05, 4.69) is 5.32 Å². The lowest BCUT2D eigenvalue weighted by atomic mass is 9.46. The molecule has 5 atom stereocenters. The summed E-state index contributed by atoms with van der Waals surface area (Å²) in [6.45, 7) is -0.0882. The van der Waals surface area contributed by atoms with Gasteiger partial charge in [0.15, 0.2) is 0 Å². The Balaban J connectivity index is 1.29. The molecular weight excluding hydrogens is 523 g/mol. The van der Waals surface area contributed by atoms with Crippen LogP contribution in [0.3, 0.4) is 0 Å². The second-order valence-electron chi connectivity index (χ2n) is 11.9. The van der Waals surface area contributed by atoms with Crippen molar-refractivity contribution >= 4 is 22.6 Å². The molecule has 1 amide bonds. The van der Waals surface area contributed by atoms with Crippen molar-refractivity contribution in [3.05, 3.63) is 77.4 Å². The minimum Gasteiger partial charge on any atom is -0.487 e. The van der Waals surface area contributed by atoms with Gasteiger partial charge in [-0.15, -0.1) is 0 Å². The second kappa shape index (κ2) is 9.51. The van der Waals surface area contributed by atoms with Crippen LogP contribution in [0.25, 0.3) is 10.8 Å². The van der Waals surface area contributed by atoms with Gasteiger partial charge in [0.1, 0.15) is 18.4 Å². The van der Waals surface area contributed by atoms with E-state index in [9.17, 15) is 33.0 Å². The van der Waals surface area contributed by atoms with Crippen LogP contribution in [0.1, 0.15) is 60.0 Å². The highest BCUT2D eigenvalue weighted by atomic mass is 19.4. The first kappa shape index (κ1) is 26.6. The van der Waals surface area contributed by atoms with Crippen molar-refractivity contribution in [2.75, 3.05) is 0 Å². The third-order valence-electron chi connectivity index (χ3n) is 9.00. The van der Waals surface area contributed by atoms with Crippen LogP contribution in [0.15, 0.2) is 60.7 Å². The summed E-state index contributed by atoms with van der Waals surface area (Å²) in [7, 11) is 0. The van der Waals surface area contributed by atoms with E-state index < -0.39 is 40.7 Å². The van der Waals surface area contributed by atoms with Gasteiger partial charge < -0.3 is 20.3 Å². The lowest BCUT2D eigenvalue weighted by Gasteiger charge is -2.61. The topological polar surface area (TPSA) is 95.9 Å². The van der Waals surface area contributed by atoms with Crippen molar-refractivity contribution in [2.45, 2.75) is 63.0 Å². The molecule has 4 bridgehead atoms. The second-order valence-corrected chi connectivity index (χ2v) is 11.9. The fourth-order valence-electron chi connectivity index (χ4n) is 7.83. The number of carboxylic acid groups (broad SMARTS) is 1. The summed E-state index contributed by atoms with van der Waals surface area (Å²) in [5.74, 6) is -1.03. The predicted molar refractivity (Wildman–Crippen MR) is 141 cm³/mol. The highest BCUT2D eigenvalue weighted by Crippen LogP contribution is 2.62. The number of alkyl halides is 3. The summed E-state index contributed by atoms with van der Waals surface area (Å²) >= 11 is 0. The van der Waals surface area contributed by atoms with Gasteiger partial charge in [0.2, 0.25) is 0 Å². The number of carbonyl (C=O) groups is 2. The lowest BCUT2D eigenvalue weighted by molar-refractivity contribution is -0.181. The molecule has 40 heavy (non-hydrogen) atoms. The highest BCUT2D eigenvalue weighted by molar-refractivity contribution is 6.05. The van der Waals surface area contributed by atoms with Crippen LogP contribution >= 0.6 is 0 Å². The van der Waals surface area contributed by atoms with Crippen molar-refractivity contribution in [1.29, 1.82) is 0 Å². The minimum atomic E-state index is -4.45. The molecule has 0 spiro atoms. The summed E-state index contributed by atoms with van der Waals surface area (Å²) in [5.41, 5.74) is -1.76. The van der Waals surface area contributed by atoms with Crippen molar-refractivity contribution in [1.82, 2.24) is 5.32 Å². The summed E-state index contributed by atoms with van der Waals surface area (Å²) in [4.78, 5) is 26.3. The van der Waals surface area contributed by atoms with Gasteiger partial charge >= 0.3 is 12.1 Å². The molecule has 6 nitrogen and oxygen atoms in total. The third-order valence-corrected chi connectivity index (χ3v) is 9.00. The fourth-order valence-corrected chi connectivity index (χ4v) is 7.83. The number of rotatable bonds is 7. The lowest BCUT2D eigenvalue weighted by Crippen LogP contribution is -2.64. The molecule has 0 saturated heterocycles. The first-order chi connectivity index (χ1) is 18.9. The van der Waals surface area contributed by atoms with E-state index in [0.29, 0.717) is 43.1 Å². The Bertz CT molecular complexity index is 1450. The van der Waals surface area contributed by atoms with Crippen LogP contribution in [-0.2, 0) is 17.6 Å². The zero-order valence-corrected chi connectivity index (χ0v) is 21.7. The maximum absolute atomic E-state index is 13.7. The number of carboxylic acids is 1. The van der Waals surface area contributed by atoms with Crippen molar-refractivity contribution in [3.63, 3.8) is 0 Å². The molecule has 0 radical (unpaired) electrons. The molecule has 210 valence electrons. The van der Waals surface area contributed by atoms with Gasteiger partial charge in [0.05, 0.1) is 16.7 Å². The number of amides is 1. The highest BCUT2D eigenvalue weighted by Gasteiger charge is 2.61. The summed E-state index contributed by atoms with van der Waals surface area (Å²) in [6.07, 6.45) is -0.462. The number of halogens is 3. The third kappa shape index (κ3) is 4.80. The van der Waals surface area contributed by atoms with Gasteiger partial charge in [0.25, 0.3) is 5.91 Å². The van der Waals surface area contributed by atoms with E-state index in [4.69, 9.17) is 4.74 Å². The largest absolute Gasteiger partial charge is 0.487 e. The average molecular weight is 554 g/mol. The molecule has 4 fully saturated rings. The van der Waals surface area contributed by atoms with Gasteiger partial charge in [-0.1, -0.05) is 42.5 Å². The van der Waals surface area contributed by atoms with Crippen LogP contribution in [-0.4, -0.2) is 33.7 Å². The smallest absolute Gasteiger partial charge is 0.416 e. The molecule has 0 aromatic heterocycles. The maximum atomic E-state index is 13.7. The van der Waals surface area contributed by atoms with E-state index in [1.54, 1.807) is 24.3 Å². The van der Waals surface area contributed by atoms with Gasteiger partial charge in [-0.3, -0.25) is 4.79 Å². The van der Waals surface area contributed by atoms with Crippen LogP contribution in [0, 0.1) is 17.3 Å². The van der Waals surface area contributed by atoms with Crippen LogP contribution in [0.5, 0.6) is 5.75 Å². The predicted octanol–water partition coefficient (Wildman–Crippen LogP) is 5.95. The average Bonchev–Trinajstić information content (AvgIpc) is 2.88. The summed E-state index contributed by atoms with van der Waals surface area (Å²) < 4.78 is 45.0. The Kier molecular flexibility index (Phi) is 6.33. The molecule has 3 N–H and O–H groups in total. The van der Waals surface area contributed by atoms with E-state index in [0.717, 1.165) is 23.9 Å². The van der Waals surface area contributed by atoms with E-state index >= 15 is 0 Å². The summed E-state index contributed by atoms with van der Waals surface area (Å²) in [6, 6.07) is 14.0. The number of nitrogens with one attached hydrogen (secondary N) is 1. The van der Waals surface area contributed by atoms with E-state index in [1.165, 1.54) is 12.1 Å². The van der Waals surface area contributed by atoms with Crippen molar-refractivity contribution in [2.24, 2.45) is 17.3 Å². The molecule has 9 heteroatoms. The number of ether oxygens (including phenoxy) is 1. The van der Waals surface area contributed by atoms with E-state index in [-0.39, 0.29) is 29.8 Å². The monoisotopic (exact) mass is 553 g/mol. The Labute approximate surface area is 229 Å². The fraction of sp³-hybridized carbons (Fsp3) is 0.419. The molecule has 7 rings (SSSR count). The maximum Gasteiger partial charge on any atom is 0.416 e. The van der Waals surface area contributed by atoms with Crippen LogP contribution < -0.4 is 10.1 Å². The molecule has 4 saturated carbocycles. The molecular formula is C31H30F3NO5. The molecule has 3 aromatic carbocycles. The number of hydrogen-bond acceptors (Lipinski definition) is 4. The van der Waals surface area contributed by atoms with Crippen LogP contribution in [0.2, 0.25) is 0 Å². The first-order valence-electron chi connectivity index (χ1n) is 13.5. The van der Waals surface area contributed by atoms with Gasteiger partial charge in [-0.2, -0.15) is 13.2 Å². The number of carbonyl (C=O) groups excluding carboxylic acids is 1. The van der Waals surface area contributed by atoms with E-state index in [1.807, 2.05) is 12.1 Å². The SMILES string of the molecule is O=C(N[C@H](C(=O)O)C12C[C@@H]3C[C@@H](CC(O)(C3)C1)C2)c1ccc2ccccc2c1OCc1ccc(C(F)(F)F)cc1. The number of hydrogen-bond donors (Lipinski definition) is 3.